The van der Waals surface area contributed by atoms with Crippen molar-refractivity contribution in [2.24, 2.45) is 0 Å². The highest BCUT2D eigenvalue weighted by Crippen LogP contribution is 2.58. The van der Waals surface area contributed by atoms with E-state index < -0.39 is 8.07 Å². The Morgan fingerprint density at radius 2 is 1.07 bits per heavy atom. The first-order valence-corrected chi connectivity index (χ1v) is 20.2. The van der Waals surface area contributed by atoms with Crippen LogP contribution in [0.15, 0.2) is 102 Å². The lowest BCUT2D eigenvalue weighted by Gasteiger charge is -2.48. The van der Waals surface area contributed by atoms with Crippen molar-refractivity contribution in [2.45, 2.75) is 113 Å². The van der Waals surface area contributed by atoms with Gasteiger partial charge in [-0.3, -0.25) is 0 Å². The molecule has 0 radical (unpaired) electrons. The zero-order chi connectivity index (χ0) is 28.6. The van der Waals surface area contributed by atoms with Crippen molar-refractivity contribution in [3.63, 3.8) is 0 Å². The molecular formula is C40H48B2Si. The van der Waals surface area contributed by atoms with E-state index in [2.05, 4.69) is 97.1 Å². The Labute approximate surface area is 262 Å². The van der Waals surface area contributed by atoms with Crippen LogP contribution >= 0.6 is 0 Å². The third kappa shape index (κ3) is 4.99. The van der Waals surface area contributed by atoms with Crippen LogP contribution in [0.5, 0.6) is 0 Å². The van der Waals surface area contributed by atoms with Crippen molar-refractivity contribution in [3.05, 3.63) is 113 Å². The summed E-state index contributed by atoms with van der Waals surface area (Å²) >= 11 is 0. The highest BCUT2D eigenvalue weighted by Gasteiger charge is 2.56. The SMILES string of the molecule is C(=C(/B1C2CCCC1CCC2)[Si]1(c2ccccc2)CCC(B2C3CCCC2CCC3)=C1c1ccccc1)/c1ccccc1. The molecule has 0 aromatic heterocycles. The molecule has 0 nitrogen and oxygen atoms in total. The molecule has 0 amide bonds. The summed E-state index contributed by atoms with van der Waals surface area (Å²) in [4.78, 5) is 0. The zero-order valence-corrected chi connectivity index (χ0v) is 27.1. The second-order valence-corrected chi connectivity index (χ2v) is 18.8. The molecule has 4 bridgehead atoms. The van der Waals surface area contributed by atoms with E-state index in [0.29, 0.717) is 0 Å². The standard InChI is InChI=1S/C40H48B2Si/c1-4-14-31(15-5-1)30-39(42-35-22-12-23-36(42)25-13-24-35)43(37-26-8-3-9-27-37)29-28-38(40(43)32-16-6-2-7-17-32)41-33-18-10-19-34(41)21-11-20-33/h1-9,14-17,26-27,30,33-36H,10-13,18-25,28-29H2/b39-30+. The molecule has 3 heteroatoms. The Morgan fingerprint density at radius 3 is 1.63 bits per heavy atom. The van der Waals surface area contributed by atoms with Crippen LogP contribution in [0.3, 0.4) is 0 Å². The second-order valence-electron chi connectivity index (χ2n) is 14.9. The lowest BCUT2D eigenvalue weighted by Crippen LogP contribution is -2.56. The fourth-order valence-corrected chi connectivity index (χ4v) is 17.4. The summed E-state index contributed by atoms with van der Waals surface area (Å²) in [6.45, 7) is 1.57. The Morgan fingerprint density at radius 1 is 0.581 bits per heavy atom. The van der Waals surface area contributed by atoms with Crippen molar-refractivity contribution >= 4 is 38.0 Å². The molecule has 5 aliphatic heterocycles. The van der Waals surface area contributed by atoms with Crippen LogP contribution in [-0.4, -0.2) is 21.5 Å². The van der Waals surface area contributed by atoms with E-state index in [1.54, 1.807) is 10.8 Å². The Balaban J connectivity index is 1.42. The summed E-state index contributed by atoms with van der Waals surface area (Å²) in [6.07, 6.45) is 21.6. The summed E-state index contributed by atoms with van der Waals surface area (Å²) in [6, 6.07) is 36.9. The summed E-state index contributed by atoms with van der Waals surface area (Å²) in [5.74, 6) is 3.56. The predicted molar refractivity (Wildman–Crippen MR) is 191 cm³/mol. The molecule has 4 fully saturated rings. The minimum atomic E-state index is -2.30. The van der Waals surface area contributed by atoms with Crippen molar-refractivity contribution in [2.75, 3.05) is 0 Å². The first-order valence-electron chi connectivity index (χ1n) is 17.9. The van der Waals surface area contributed by atoms with Gasteiger partial charge in [-0.2, -0.15) is 0 Å². The van der Waals surface area contributed by atoms with Gasteiger partial charge in [0.2, 0.25) is 0 Å². The van der Waals surface area contributed by atoms with Crippen LogP contribution in [0.4, 0.5) is 0 Å². The number of fused-ring (bicyclic) bond motifs is 4. The fraction of sp³-hybridized carbons (Fsp3) is 0.450. The van der Waals surface area contributed by atoms with Gasteiger partial charge in [0.15, 0.2) is 13.4 Å². The highest BCUT2D eigenvalue weighted by molar-refractivity contribution is 7.20. The molecule has 3 aromatic rings. The van der Waals surface area contributed by atoms with Gasteiger partial charge in [0.25, 0.3) is 0 Å². The lowest BCUT2D eigenvalue weighted by atomic mass is 9.24. The van der Waals surface area contributed by atoms with Crippen molar-refractivity contribution in [1.29, 1.82) is 0 Å². The predicted octanol–water partition coefficient (Wildman–Crippen LogP) is 10.6. The fourth-order valence-electron chi connectivity index (χ4n) is 11.3. The molecule has 0 spiro atoms. The summed E-state index contributed by atoms with van der Waals surface area (Å²) in [5, 5.41) is 5.47. The monoisotopic (exact) mass is 578 g/mol. The summed E-state index contributed by atoms with van der Waals surface area (Å²) < 4.78 is 0. The van der Waals surface area contributed by atoms with Crippen LogP contribution in [0.2, 0.25) is 29.3 Å². The first-order chi connectivity index (χ1) is 21.3. The Bertz CT molecular complexity index is 1420. The van der Waals surface area contributed by atoms with Gasteiger partial charge < -0.3 is 0 Å². The zero-order valence-electron chi connectivity index (χ0n) is 26.1. The van der Waals surface area contributed by atoms with E-state index in [1.807, 2.05) is 15.8 Å². The molecule has 3 aromatic carbocycles. The molecule has 218 valence electrons. The molecule has 1 unspecified atom stereocenters. The van der Waals surface area contributed by atoms with Gasteiger partial charge in [0.1, 0.15) is 8.07 Å². The molecule has 8 rings (SSSR count). The maximum atomic E-state index is 2.79. The second kappa shape index (κ2) is 12.1. The number of allylic oxidation sites excluding steroid dienone is 1. The maximum Gasteiger partial charge on any atom is 0.176 e. The van der Waals surface area contributed by atoms with Crippen LogP contribution in [0, 0.1) is 0 Å². The van der Waals surface area contributed by atoms with Crippen LogP contribution < -0.4 is 5.19 Å². The van der Waals surface area contributed by atoms with Crippen molar-refractivity contribution in [3.8, 4) is 0 Å². The van der Waals surface area contributed by atoms with E-state index in [0.717, 1.165) is 36.7 Å². The minimum Gasteiger partial charge on any atom is -0.101 e. The van der Waals surface area contributed by atoms with Crippen LogP contribution in [0.25, 0.3) is 11.3 Å². The number of rotatable bonds is 6. The quantitative estimate of drug-likeness (QED) is 0.255. The average Bonchev–Trinajstić information content (AvgIpc) is 3.45. The minimum absolute atomic E-state index is 0.749. The van der Waals surface area contributed by atoms with E-state index in [4.69, 9.17) is 0 Å². The van der Waals surface area contributed by atoms with Crippen LogP contribution in [0.1, 0.15) is 94.6 Å². The molecule has 5 aliphatic rings. The normalized spacial score (nSPS) is 30.9. The Hall–Kier alpha value is -2.51. The van der Waals surface area contributed by atoms with E-state index in [9.17, 15) is 0 Å². The number of benzene rings is 3. The van der Waals surface area contributed by atoms with E-state index in [1.165, 1.54) is 95.1 Å². The van der Waals surface area contributed by atoms with E-state index in [-0.39, 0.29) is 0 Å². The van der Waals surface area contributed by atoms with E-state index >= 15 is 0 Å². The van der Waals surface area contributed by atoms with Gasteiger partial charge in [-0.1, -0.05) is 208 Å². The third-order valence-electron chi connectivity index (χ3n) is 12.9. The van der Waals surface area contributed by atoms with Gasteiger partial charge in [-0.05, 0) is 23.6 Å². The van der Waals surface area contributed by atoms with Crippen molar-refractivity contribution < 1.29 is 0 Å². The first kappa shape index (κ1) is 28.0. The average molecular weight is 579 g/mol. The molecule has 0 saturated carbocycles. The summed E-state index contributed by atoms with van der Waals surface area (Å²) in [5.41, 5.74) is 4.92. The lowest BCUT2D eigenvalue weighted by molar-refractivity contribution is 0.445. The van der Waals surface area contributed by atoms with Gasteiger partial charge in [0, 0.05) is 0 Å². The number of hydrogen-bond acceptors (Lipinski definition) is 0. The van der Waals surface area contributed by atoms with Gasteiger partial charge >= 0.3 is 0 Å². The molecular weight excluding hydrogens is 530 g/mol. The maximum absolute atomic E-state index is 2.79. The smallest absolute Gasteiger partial charge is 0.101 e. The molecule has 0 N–H and O–H groups in total. The molecule has 0 aliphatic carbocycles. The highest BCUT2D eigenvalue weighted by atomic mass is 28.3. The largest absolute Gasteiger partial charge is 0.176 e. The third-order valence-corrected chi connectivity index (χ3v) is 18.1. The summed E-state index contributed by atoms with van der Waals surface area (Å²) in [7, 11) is -2.30. The number of hydrogen-bond donors (Lipinski definition) is 0. The van der Waals surface area contributed by atoms with Gasteiger partial charge in [0.05, 0.1) is 0 Å². The topological polar surface area (TPSA) is 0 Å². The molecule has 4 saturated heterocycles. The molecule has 43 heavy (non-hydrogen) atoms. The van der Waals surface area contributed by atoms with Crippen LogP contribution in [-0.2, 0) is 0 Å². The molecule has 5 heterocycles. The van der Waals surface area contributed by atoms with Gasteiger partial charge in [-0.25, -0.2) is 0 Å². The van der Waals surface area contributed by atoms with Crippen molar-refractivity contribution in [1.82, 2.24) is 0 Å². The van der Waals surface area contributed by atoms with Gasteiger partial charge in [-0.15, -0.1) is 10.6 Å². The Kier molecular flexibility index (Phi) is 7.89. The molecule has 1 atom stereocenters.